The molecule has 0 unspecified atom stereocenters. The number of esters is 1. The molecule has 0 amide bonds. The van der Waals surface area contributed by atoms with Crippen LogP contribution in [-0.2, 0) is 16.0 Å². The molecule has 114 valence electrons. The Kier molecular flexibility index (Phi) is 6.04. The van der Waals surface area contributed by atoms with E-state index < -0.39 is 0 Å². The molecule has 0 aromatic heterocycles. The van der Waals surface area contributed by atoms with E-state index in [0.29, 0.717) is 17.2 Å². The van der Waals surface area contributed by atoms with Crippen LogP contribution in [0.15, 0.2) is 53.4 Å². The van der Waals surface area contributed by atoms with E-state index in [2.05, 4.69) is 0 Å². The smallest absolute Gasteiger partial charge is 0.310 e. The Morgan fingerprint density at radius 3 is 2.64 bits per heavy atom. The third kappa shape index (κ3) is 4.61. The minimum Gasteiger partial charge on any atom is -0.466 e. The van der Waals surface area contributed by atoms with Gasteiger partial charge in [-0.1, -0.05) is 41.9 Å². The van der Waals surface area contributed by atoms with E-state index in [4.69, 9.17) is 16.3 Å². The SMILES string of the molecule is CCOC(=O)Cc1ccccc1SC(=O)c1cccc(Cl)c1. The first-order valence-corrected chi connectivity index (χ1v) is 8.01. The van der Waals surface area contributed by atoms with E-state index >= 15 is 0 Å². The summed E-state index contributed by atoms with van der Waals surface area (Å²) < 4.78 is 4.96. The summed E-state index contributed by atoms with van der Waals surface area (Å²) in [5, 5.41) is 0.407. The van der Waals surface area contributed by atoms with Gasteiger partial charge in [-0.2, -0.15) is 0 Å². The van der Waals surface area contributed by atoms with E-state index in [1.807, 2.05) is 24.3 Å². The van der Waals surface area contributed by atoms with E-state index in [1.165, 1.54) is 0 Å². The fourth-order valence-corrected chi connectivity index (χ4v) is 2.94. The zero-order valence-corrected chi connectivity index (χ0v) is 13.6. The molecule has 0 aliphatic heterocycles. The van der Waals surface area contributed by atoms with Crippen LogP contribution < -0.4 is 0 Å². The number of thioether (sulfide) groups is 1. The fraction of sp³-hybridized carbons (Fsp3) is 0.176. The summed E-state index contributed by atoms with van der Waals surface area (Å²) in [4.78, 5) is 24.7. The maximum absolute atomic E-state index is 12.3. The second-order valence-electron chi connectivity index (χ2n) is 4.49. The van der Waals surface area contributed by atoms with Crippen LogP contribution >= 0.6 is 23.4 Å². The summed E-state index contributed by atoms with van der Waals surface area (Å²) in [6.45, 7) is 2.11. The van der Waals surface area contributed by atoms with Crippen LogP contribution in [-0.4, -0.2) is 17.7 Å². The van der Waals surface area contributed by atoms with Crippen molar-refractivity contribution in [2.75, 3.05) is 6.61 Å². The molecule has 2 aromatic rings. The maximum atomic E-state index is 12.3. The molecule has 0 spiro atoms. The van der Waals surface area contributed by atoms with Crippen molar-refractivity contribution in [1.29, 1.82) is 0 Å². The molecule has 2 aromatic carbocycles. The highest BCUT2D eigenvalue weighted by molar-refractivity contribution is 8.14. The molecule has 2 rings (SSSR count). The minimum absolute atomic E-state index is 0.112. The third-order valence-corrected chi connectivity index (χ3v) is 4.15. The van der Waals surface area contributed by atoms with Crippen LogP contribution in [0, 0.1) is 0 Å². The topological polar surface area (TPSA) is 43.4 Å². The number of rotatable bonds is 5. The average Bonchev–Trinajstić information content (AvgIpc) is 2.49. The lowest BCUT2D eigenvalue weighted by atomic mass is 10.1. The average molecular weight is 335 g/mol. The second-order valence-corrected chi connectivity index (χ2v) is 5.94. The molecule has 0 bridgehead atoms. The Morgan fingerprint density at radius 1 is 1.14 bits per heavy atom. The molecule has 5 heteroatoms. The molecule has 22 heavy (non-hydrogen) atoms. The molecule has 0 aliphatic carbocycles. The lowest BCUT2D eigenvalue weighted by molar-refractivity contribution is -0.142. The van der Waals surface area contributed by atoms with Gasteiger partial charge < -0.3 is 4.74 Å². The number of benzene rings is 2. The molecule has 0 saturated carbocycles. The zero-order valence-electron chi connectivity index (χ0n) is 12.0. The van der Waals surface area contributed by atoms with Gasteiger partial charge in [0.1, 0.15) is 0 Å². The monoisotopic (exact) mass is 334 g/mol. The molecular weight excluding hydrogens is 320 g/mol. The van der Waals surface area contributed by atoms with Crippen molar-refractivity contribution in [1.82, 2.24) is 0 Å². The van der Waals surface area contributed by atoms with Gasteiger partial charge >= 0.3 is 5.97 Å². The Labute approximate surface area is 138 Å². The van der Waals surface area contributed by atoms with Gasteiger partial charge in [-0.3, -0.25) is 9.59 Å². The fourth-order valence-electron chi connectivity index (χ4n) is 1.89. The van der Waals surface area contributed by atoms with Gasteiger partial charge in [-0.25, -0.2) is 0 Å². The predicted molar refractivity (Wildman–Crippen MR) is 88.4 cm³/mol. The van der Waals surface area contributed by atoms with Crippen LogP contribution in [0.25, 0.3) is 0 Å². The van der Waals surface area contributed by atoms with Crippen molar-refractivity contribution in [3.63, 3.8) is 0 Å². The van der Waals surface area contributed by atoms with Gasteiger partial charge in [0.05, 0.1) is 13.0 Å². The van der Waals surface area contributed by atoms with E-state index in [1.54, 1.807) is 31.2 Å². The number of carbonyl (C=O) groups excluding carboxylic acids is 2. The third-order valence-electron chi connectivity index (χ3n) is 2.88. The number of halogens is 1. The summed E-state index contributed by atoms with van der Waals surface area (Å²) in [5.74, 6) is -0.300. The quantitative estimate of drug-likeness (QED) is 0.601. The van der Waals surface area contributed by atoms with Crippen LogP contribution in [0.1, 0.15) is 22.8 Å². The molecule has 0 aliphatic rings. The van der Waals surface area contributed by atoms with Crippen LogP contribution in [0.3, 0.4) is 0 Å². The summed E-state index contributed by atoms with van der Waals surface area (Å²) in [7, 11) is 0. The Balaban J connectivity index is 2.15. The van der Waals surface area contributed by atoms with Gasteiger partial charge in [0.25, 0.3) is 0 Å². The van der Waals surface area contributed by atoms with E-state index in [-0.39, 0.29) is 17.5 Å². The van der Waals surface area contributed by atoms with Gasteiger partial charge in [0.15, 0.2) is 0 Å². The summed E-state index contributed by atoms with van der Waals surface area (Å²) >= 11 is 6.99. The number of hydrogen-bond donors (Lipinski definition) is 0. The zero-order chi connectivity index (χ0) is 15.9. The number of ether oxygens (including phenoxy) is 1. The highest BCUT2D eigenvalue weighted by atomic mass is 35.5. The van der Waals surface area contributed by atoms with Crippen LogP contribution in [0.2, 0.25) is 5.02 Å². The molecule has 0 heterocycles. The minimum atomic E-state index is -0.300. The molecule has 3 nitrogen and oxygen atoms in total. The van der Waals surface area contributed by atoms with Crippen LogP contribution in [0.5, 0.6) is 0 Å². The van der Waals surface area contributed by atoms with E-state index in [0.717, 1.165) is 22.2 Å². The van der Waals surface area contributed by atoms with Crippen molar-refractivity contribution >= 4 is 34.4 Å². The standard InChI is InChI=1S/C17H15ClO3S/c1-2-21-16(19)11-12-6-3-4-9-15(12)22-17(20)13-7-5-8-14(18)10-13/h3-10H,2,11H2,1H3. The second kappa shape index (κ2) is 8.01. The molecule has 0 radical (unpaired) electrons. The summed E-state index contributed by atoms with van der Waals surface area (Å²) in [6.07, 6.45) is 0.153. The van der Waals surface area contributed by atoms with Crippen molar-refractivity contribution < 1.29 is 14.3 Å². The summed E-state index contributed by atoms with van der Waals surface area (Å²) in [5.41, 5.74) is 1.31. The molecular formula is C17H15ClO3S. The molecule has 0 atom stereocenters. The van der Waals surface area contributed by atoms with Crippen molar-refractivity contribution in [2.24, 2.45) is 0 Å². The lowest BCUT2D eigenvalue weighted by Crippen LogP contribution is -2.08. The predicted octanol–water partition coefficient (Wildman–Crippen LogP) is 4.38. The number of carbonyl (C=O) groups is 2. The normalized spacial score (nSPS) is 10.3. The molecule has 0 fully saturated rings. The molecule has 0 saturated heterocycles. The Hall–Kier alpha value is -1.78. The first-order chi connectivity index (χ1) is 10.6. The first-order valence-electron chi connectivity index (χ1n) is 6.81. The van der Waals surface area contributed by atoms with Crippen molar-refractivity contribution in [3.05, 3.63) is 64.7 Å². The Bertz CT molecular complexity index is 685. The summed E-state index contributed by atoms with van der Waals surface area (Å²) in [6, 6.07) is 14.1. The van der Waals surface area contributed by atoms with Gasteiger partial charge in [0.2, 0.25) is 5.12 Å². The number of hydrogen-bond acceptors (Lipinski definition) is 4. The van der Waals surface area contributed by atoms with Crippen molar-refractivity contribution in [2.45, 2.75) is 18.2 Å². The first kappa shape index (κ1) is 16.6. The highest BCUT2D eigenvalue weighted by Gasteiger charge is 2.14. The van der Waals surface area contributed by atoms with Gasteiger partial charge in [-0.15, -0.1) is 0 Å². The molecule has 0 N–H and O–H groups in total. The van der Waals surface area contributed by atoms with Crippen LogP contribution in [0.4, 0.5) is 0 Å². The van der Waals surface area contributed by atoms with Gasteiger partial charge in [-0.05, 0) is 42.4 Å². The van der Waals surface area contributed by atoms with Gasteiger partial charge in [0, 0.05) is 15.5 Å². The Morgan fingerprint density at radius 2 is 1.91 bits per heavy atom. The van der Waals surface area contributed by atoms with E-state index in [9.17, 15) is 9.59 Å². The highest BCUT2D eigenvalue weighted by Crippen LogP contribution is 2.27. The van der Waals surface area contributed by atoms with Crippen molar-refractivity contribution in [3.8, 4) is 0 Å². The maximum Gasteiger partial charge on any atom is 0.310 e. The largest absolute Gasteiger partial charge is 0.466 e. The lowest BCUT2D eigenvalue weighted by Gasteiger charge is -2.08.